The zero-order chi connectivity index (χ0) is 13.7. The molecule has 1 aromatic rings. The van der Waals surface area contributed by atoms with Crippen LogP contribution in [-0.4, -0.2) is 38.8 Å². The van der Waals surface area contributed by atoms with Crippen molar-refractivity contribution in [1.82, 2.24) is 10.6 Å². The minimum absolute atomic E-state index is 0.0808. The molecule has 0 saturated carbocycles. The quantitative estimate of drug-likeness (QED) is 0.798. The summed E-state index contributed by atoms with van der Waals surface area (Å²) in [6, 6.07) is 7.19. The fourth-order valence-electron chi connectivity index (χ4n) is 1.79. The molecule has 2 rings (SSSR count). The van der Waals surface area contributed by atoms with E-state index in [-0.39, 0.29) is 5.91 Å². The highest BCUT2D eigenvalue weighted by Gasteiger charge is 2.20. The summed E-state index contributed by atoms with van der Waals surface area (Å²) in [5.74, 6) is 1.90. The molecule has 1 aliphatic heterocycles. The van der Waals surface area contributed by atoms with Gasteiger partial charge in [0.05, 0.1) is 7.11 Å². The van der Waals surface area contributed by atoms with E-state index in [1.54, 1.807) is 38.3 Å². The minimum Gasteiger partial charge on any atom is -0.497 e. The number of hydrogen-bond donors (Lipinski definition) is 2. The number of amides is 1. The van der Waals surface area contributed by atoms with Gasteiger partial charge < -0.3 is 20.1 Å². The lowest BCUT2D eigenvalue weighted by Crippen LogP contribution is -2.49. The van der Waals surface area contributed by atoms with E-state index in [4.69, 9.17) is 9.47 Å². The van der Waals surface area contributed by atoms with Crippen LogP contribution in [0.3, 0.4) is 0 Å². The van der Waals surface area contributed by atoms with Crippen molar-refractivity contribution < 1.29 is 14.3 Å². The van der Waals surface area contributed by atoms with E-state index >= 15 is 0 Å². The predicted octanol–water partition coefficient (Wildman–Crippen LogP) is 0.798. The molecule has 1 unspecified atom stereocenters. The van der Waals surface area contributed by atoms with Crippen LogP contribution in [0.15, 0.2) is 24.3 Å². The summed E-state index contributed by atoms with van der Waals surface area (Å²) in [5, 5.41) is 6.07. The molecule has 5 nitrogen and oxygen atoms in total. The number of ether oxygens (including phenoxy) is 2. The van der Waals surface area contributed by atoms with Crippen LogP contribution in [-0.2, 0) is 4.79 Å². The first-order valence-corrected chi connectivity index (χ1v) is 6.48. The monoisotopic (exact) mass is 264 g/mol. The number of carbonyl (C=O) groups is 1. The second kappa shape index (κ2) is 6.43. The molecule has 0 spiro atoms. The van der Waals surface area contributed by atoms with Crippen molar-refractivity contribution in [1.29, 1.82) is 0 Å². The molecule has 5 heteroatoms. The maximum absolute atomic E-state index is 11.8. The van der Waals surface area contributed by atoms with Crippen molar-refractivity contribution in [3.63, 3.8) is 0 Å². The van der Waals surface area contributed by atoms with Crippen LogP contribution < -0.4 is 20.1 Å². The predicted molar refractivity (Wildman–Crippen MR) is 72.5 cm³/mol. The molecule has 1 aromatic carbocycles. The third-order valence-electron chi connectivity index (χ3n) is 3.17. The first kappa shape index (κ1) is 13.7. The van der Waals surface area contributed by atoms with Gasteiger partial charge in [-0.3, -0.25) is 4.79 Å². The summed E-state index contributed by atoms with van der Waals surface area (Å²) in [6.45, 7) is 4.42. The minimum atomic E-state index is -0.499. The second-order valence-electron chi connectivity index (χ2n) is 4.71. The molecule has 1 saturated heterocycles. The van der Waals surface area contributed by atoms with Gasteiger partial charge in [-0.2, -0.15) is 0 Å². The van der Waals surface area contributed by atoms with Gasteiger partial charge in [0.1, 0.15) is 11.5 Å². The Morgan fingerprint density at radius 1 is 1.37 bits per heavy atom. The van der Waals surface area contributed by atoms with E-state index in [1.807, 2.05) is 0 Å². The van der Waals surface area contributed by atoms with E-state index in [1.165, 1.54) is 0 Å². The molecule has 19 heavy (non-hydrogen) atoms. The van der Waals surface area contributed by atoms with E-state index in [2.05, 4.69) is 10.6 Å². The topological polar surface area (TPSA) is 59.6 Å². The average molecular weight is 264 g/mol. The smallest absolute Gasteiger partial charge is 0.260 e. The summed E-state index contributed by atoms with van der Waals surface area (Å²) >= 11 is 0. The van der Waals surface area contributed by atoms with Crippen LogP contribution in [0.4, 0.5) is 0 Å². The zero-order valence-corrected chi connectivity index (χ0v) is 11.3. The Morgan fingerprint density at radius 3 is 2.53 bits per heavy atom. The number of rotatable bonds is 6. The summed E-state index contributed by atoms with van der Waals surface area (Å²) in [7, 11) is 1.61. The van der Waals surface area contributed by atoms with Gasteiger partial charge in [0, 0.05) is 25.6 Å². The van der Waals surface area contributed by atoms with Gasteiger partial charge in [-0.25, -0.2) is 0 Å². The van der Waals surface area contributed by atoms with Crippen molar-refractivity contribution >= 4 is 5.91 Å². The van der Waals surface area contributed by atoms with Crippen LogP contribution in [0.25, 0.3) is 0 Å². The molecule has 1 heterocycles. The van der Waals surface area contributed by atoms with Crippen LogP contribution in [0.5, 0.6) is 11.5 Å². The highest BCUT2D eigenvalue weighted by atomic mass is 16.5. The molecule has 1 amide bonds. The fraction of sp³-hybridized carbons (Fsp3) is 0.500. The highest BCUT2D eigenvalue weighted by molar-refractivity contribution is 5.80. The van der Waals surface area contributed by atoms with Gasteiger partial charge in [0.2, 0.25) is 0 Å². The number of methoxy groups -OCH3 is 1. The first-order chi connectivity index (χ1) is 9.19. The zero-order valence-electron chi connectivity index (χ0n) is 11.3. The van der Waals surface area contributed by atoms with Gasteiger partial charge in [-0.15, -0.1) is 0 Å². The molecule has 0 bridgehead atoms. The molecule has 1 atom stereocenters. The Bertz CT molecular complexity index is 415. The Labute approximate surface area is 113 Å². The summed E-state index contributed by atoms with van der Waals surface area (Å²) < 4.78 is 10.6. The SMILES string of the molecule is COc1ccc(OC(C)C(=O)NCC2CNC2)cc1. The lowest BCUT2D eigenvalue weighted by atomic mass is 10.0. The standard InChI is InChI=1S/C14H20N2O3/c1-10(14(17)16-9-11-7-15-8-11)19-13-5-3-12(18-2)4-6-13/h3-6,10-11,15H,7-9H2,1-2H3,(H,16,17). The lowest BCUT2D eigenvalue weighted by Gasteiger charge is -2.27. The maximum Gasteiger partial charge on any atom is 0.260 e. The Hall–Kier alpha value is -1.75. The number of hydrogen-bond acceptors (Lipinski definition) is 4. The van der Waals surface area contributed by atoms with Crippen LogP contribution in [0.2, 0.25) is 0 Å². The van der Waals surface area contributed by atoms with Crippen molar-refractivity contribution in [2.75, 3.05) is 26.7 Å². The molecule has 1 fully saturated rings. The van der Waals surface area contributed by atoms with E-state index in [9.17, 15) is 4.79 Å². The number of carbonyl (C=O) groups excluding carboxylic acids is 1. The summed E-state index contributed by atoms with van der Waals surface area (Å²) in [6.07, 6.45) is -0.499. The normalized spacial score (nSPS) is 16.3. The molecule has 1 aliphatic rings. The lowest BCUT2D eigenvalue weighted by molar-refractivity contribution is -0.127. The van der Waals surface area contributed by atoms with Crippen molar-refractivity contribution in [3.05, 3.63) is 24.3 Å². The maximum atomic E-state index is 11.8. The third kappa shape index (κ3) is 3.86. The van der Waals surface area contributed by atoms with E-state index in [0.717, 1.165) is 18.8 Å². The van der Waals surface area contributed by atoms with Gasteiger partial charge in [0.25, 0.3) is 5.91 Å². The molecule has 0 aromatic heterocycles. The Morgan fingerprint density at radius 2 is 2.00 bits per heavy atom. The van der Waals surface area contributed by atoms with Gasteiger partial charge >= 0.3 is 0 Å². The molecular weight excluding hydrogens is 244 g/mol. The summed E-state index contributed by atoms with van der Waals surface area (Å²) in [4.78, 5) is 11.8. The Kier molecular flexibility index (Phi) is 4.63. The molecule has 104 valence electrons. The number of benzene rings is 1. The molecular formula is C14H20N2O3. The Balaban J connectivity index is 1.77. The molecule has 0 aliphatic carbocycles. The van der Waals surface area contributed by atoms with Gasteiger partial charge in [0.15, 0.2) is 6.10 Å². The molecule has 0 radical (unpaired) electrons. The van der Waals surface area contributed by atoms with E-state index < -0.39 is 6.10 Å². The third-order valence-corrected chi connectivity index (χ3v) is 3.17. The largest absolute Gasteiger partial charge is 0.497 e. The van der Waals surface area contributed by atoms with Gasteiger partial charge in [-0.05, 0) is 31.2 Å². The van der Waals surface area contributed by atoms with E-state index in [0.29, 0.717) is 18.2 Å². The van der Waals surface area contributed by atoms with Gasteiger partial charge in [-0.1, -0.05) is 0 Å². The van der Waals surface area contributed by atoms with Crippen LogP contribution in [0, 0.1) is 5.92 Å². The van der Waals surface area contributed by atoms with Crippen molar-refractivity contribution in [2.45, 2.75) is 13.0 Å². The van der Waals surface area contributed by atoms with Crippen molar-refractivity contribution in [3.8, 4) is 11.5 Å². The van der Waals surface area contributed by atoms with Crippen LogP contribution in [0.1, 0.15) is 6.92 Å². The highest BCUT2D eigenvalue weighted by Crippen LogP contribution is 2.18. The molecule has 2 N–H and O–H groups in total. The second-order valence-corrected chi connectivity index (χ2v) is 4.71. The summed E-state index contributed by atoms with van der Waals surface area (Å²) in [5.41, 5.74) is 0. The fourth-order valence-corrected chi connectivity index (χ4v) is 1.79. The first-order valence-electron chi connectivity index (χ1n) is 6.48. The van der Waals surface area contributed by atoms with Crippen molar-refractivity contribution in [2.24, 2.45) is 5.92 Å². The van der Waals surface area contributed by atoms with Crippen LogP contribution >= 0.6 is 0 Å². The average Bonchev–Trinajstić information content (AvgIpc) is 2.37. The number of nitrogens with one attached hydrogen (secondary N) is 2.